The normalized spacial score (nSPS) is 11.9. The van der Waals surface area contributed by atoms with Crippen molar-refractivity contribution in [1.29, 1.82) is 0 Å². The minimum Gasteiger partial charge on any atom is -0.495 e. The Kier molecular flexibility index (Phi) is 10.8. The fourth-order valence-corrected chi connectivity index (χ4v) is 5.95. The zero-order chi connectivity index (χ0) is 29.4. The molecule has 40 heavy (non-hydrogen) atoms. The number of amides is 2. The lowest BCUT2D eigenvalue weighted by atomic mass is 10.1. The first kappa shape index (κ1) is 31.3. The first-order chi connectivity index (χ1) is 19.0. The minimum atomic E-state index is -4.22. The minimum absolute atomic E-state index is 0.00684. The van der Waals surface area contributed by atoms with Crippen LogP contribution in [0.2, 0.25) is 10.0 Å². The van der Waals surface area contributed by atoms with Crippen molar-refractivity contribution in [3.05, 3.63) is 87.9 Å². The van der Waals surface area contributed by atoms with Gasteiger partial charge in [-0.1, -0.05) is 60.5 Å². The van der Waals surface area contributed by atoms with Crippen LogP contribution in [0.3, 0.4) is 0 Å². The van der Waals surface area contributed by atoms with E-state index in [1.807, 2.05) is 13.8 Å². The molecule has 0 saturated carbocycles. The molecule has 0 saturated heterocycles. The predicted molar refractivity (Wildman–Crippen MR) is 158 cm³/mol. The molecule has 1 N–H and O–H groups in total. The summed E-state index contributed by atoms with van der Waals surface area (Å²) < 4.78 is 34.4. The van der Waals surface area contributed by atoms with Gasteiger partial charge in [-0.15, -0.1) is 0 Å². The van der Waals surface area contributed by atoms with Gasteiger partial charge in [-0.05, 0) is 67.8 Å². The molecule has 0 aliphatic rings. The molecule has 0 bridgehead atoms. The lowest BCUT2D eigenvalue weighted by Gasteiger charge is -2.32. The summed E-state index contributed by atoms with van der Waals surface area (Å²) in [5.74, 6) is -0.696. The Hall–Kier alpha value is -3.27. The number of benzene rings is 3. The molecule has 214 valence electrons. The van der Waals surface area contributed by atoms with E-state index in [4.69, 9.17) is 27.9 Å². The highest BCUT2D eigenvalue weighted by Gasteiger charge is 2.34. The maximum Gasteiger partial charge on any atom is 0.264 e. The van der Waals surface area contributed by atoms with Crippen molar-refractivity contribution in [3.8, 4) is 5.75 Å². The predicted octanol–water partition coefficient (Wildman–Crippen LogP) is 5.45. The Morgan fingerprint density at radius 2 is 1.73 bits per heavy atom. The SMILES string of the molecule is CCCNC(=O)C(C)N(Cc1ccc(Cl)cc1Cl)C(=O)CN(c1cc(C)ccc1OC)S(=O)(=O)c1ccccc1. The summed E-state index contributed by atoms with van der Waals surface area (Å²) in [5, 5.41) is 3.55. The first-order valence-corrected chi connectivity index (χ1v) is 14.9. The highest BCUT2D eigenvalue weighted by Crippen LogP contribution is 2.34. The molecule has 3 rings (SSSR count). The zero-order valence-electron chi connectivity index (χ0n) is 22.9. The number of carbonyl (C=O) groups excluding carboxylic acids is 2. The largest absolute Gasteiger partial charge is 0.495 e. The number of anilines is 1. The van der Waals surface area contributed by atoms with Gasteiger partial charge in [0.1, 0.15) is 18.3 Å². The van der Waals surface area contributed by atoms with Crippen LogP contribution >= 0.6 is 23.2 Å². The maximum absolute atomic E-state index is 14.0. The van der Waals surface area contributed by atoms with Crippen LogP contribution in [-0.4, -0.2) is 51.4 Å². The monoisotopic (exact) mass is 605 g/mol. The van der Waals surface area contributed by atoms with Gasteiger partial charge in [-0.3, -0.25) is 13.9 Å². The average Bonchev–Trinajstić information content (AvgIpc) is 2.94. The summed E-state index contributed by atoms with van der Waals surface area (Å²) in [4.78, 5) is 28.3. The number of nitrogens with one attached hydrogen (secondary N) is 1. The van der Waals surface area contributed by atoms with Crippen LogP contribution in [0.1, 0.15) is 31.4 Å². The smallest absolute Gasteiger partial charge is 0.264 e. The van der Waals surface area contributed by atoms with Crippen molar-refractivity contribution in [3.63, 3.8) is 0 Å². The van der Waals surface area contributed by atoms with Gasteiger partial charge >= 0.3 is 0 Å². The van der Waals surface area contributed by atoms with Gasteiger partial charge in [0.15, 0.2) is 0 Å². The molecule has 11 heteroatoms. The molecule has 0 spiro atoms. The molecule has 0 aliphatic heterocycles. The quantitative estimate of drug-likeness (QED) is 0.296. The summed E-state index contributed by atoms with van der Waals surface area (Å²) in [5.41, 5.74) is 1.53. The topological polar surface area (TPSA) is 96.0 Å². The Morgan fingerprint density at radius 3 is 2.35 bits per heavy atom. The van der Waals surface area contributed by atoms with Crippen LogP contribution in [0, 0.1) is 6.92 Å². The first-order valence-electron chi connectivity index (χ1n) is 12.7. The maximum atomic E-state index is 14.0. The van der Waals surface area contributed by atoms with E-state index < -0.39 is 28.5 Å². The highest BCUT2D eigenvalue weighted by atomic mass is 35.5. The number of carbonyl (C=O) groups is 2. The molecular formula is C29H33Cl2N3O5S. The van der Waals surface area contributed by atoms with Crippen LogP contribution < -0.4 is 14.4 Å². The van der Waals surface area contributed by atoms with Gasteiger partial charge in [0.05, 0.1) is 17.7 Å². The van der Waals surface area contributed by atoms with Crippen LogP contribution in [0.4, 0.5) is 5.69 Å². The molecule has 1 unspecified atom stereocenters. The molecule has 0 heterocycles. The third-order valence-electron chi connectivity index (χ3n) is 6.29. The fourth-order valence-electron chi connectivity index (χ4n) is 4.04. The van der Waals surface area contributed by atoms with Crippen molar-refractivity contribution in [2.45, 2.75) is 44.7 Å². The number of methoxy groups -OCH3 is 1. The fraction of sp³-hybridized carbons (Fsp3) is 0.310. The number of ether oxygens (including phenoxy) is 1. The Labute approximate surface area is 245 Å². The highest BCUT2D eigenvalue weighted by molar-refractivity contribution is 7.92. The van der Waals surface area contributed by atoms with Gasteiger partial charge in [-0.25, -0.2) is 8.42 Å². The number of aryl methyl sites for hydroxylation is 1. The Bertz CT molecular complexity index is 1450. The Morgan fingerprint density at radius 1 is 1.02 bits per heavy atom. The van der Waals surface area contributed by atoms with E-state index in [-0.39, 0.29) is 28.8 Å². The van der Waals surface area contributed by atoms with Crippen LogP contribution in [-0.2, 0) is 26.2 Å². The average molecular weight is 607 g/mol. The van der Waals surface area contributed by atoms with Gasteiger partial charge in [0.25, 0.3) is 10.0 Å². The second kappa shape index (κ2) is 13.9. The third-order valence-corrected chi connectivity index (χ3v) is 8.65. The van der Waals surface area contributed by atoms with Gasteiger partial charge < -0.3 is 15.0 Å². The molecular weight excluding hydrogens is 573 g/mol. The van der Waals surface area contributed by atoms with E-state index in [1.165, 1.54) is 24.1 Å². The molecule has 8 nitrogen and oxygen atoms in total. The lowest BCUT2D eigenvalue weighted by molar-refractivity contribution is -0.139. The van der Waals surface area contributed by atoms with E-state index in [9.17, 15) is 18.0 Å². The summed E-state index contributed by atoms with van der Waals surface area (Å²) in [6, 6.07) is 16.8. The summed E-state index contributed by atoms with van der Waals surface area (Å²) in [6.45, 7) is 5.13. The number of sulfonamides is 1. The van der Waals surface area contributed by atoms with E-state index in [1.54, 1.807) is 61.5 Å². The molecule has 0 fully saturated rings. The van der Waals surface area contributed by atoms with Crippen LogP contribution in [0.25, 0.3) is 0 Å². The number of hydrogen-bond donors (Lipinski definition) is 1. The van der Waals surface area contributed by atoms with Crippen molar-refractivity contribution >= 4 is 50.7 Å². The van der Waals surface area contributed by atoms with Crippen LogP contribution in [0.15, 0.2) is 71.6 Å². The lowest BCUT2D eigenvalue weighted by Crippen LogP contribution is -2.51. The molecule has 0 aliphatic carbocycles. The van der Waals surface area contributed by atoms with E-state index >= 15 is 0 Å². The van der Waals surface area contributed by atoms with Crippen molar-refractivity contribution in [1.82, 2.24) is 10.2 Å². The van der Waals surface area contributed by atoms with Gasteiger partial charge in [0, 0.05) is 23.1 Å². The summed E-state index contributed by atoms with van der Waals surface area (Å²) in [6.07, 6.45) is 0.714. The molecule has 3 aromatic carbocycles. The second-order valence-electron chi connectivity index (χ2n) is 9.22. The standard InChI is InChI=1S/C29H33Cl2N3O5S/c1-5-15-32-29(36)21(3)33(18-22-12-13-23(30)17-25(22)31)28(35)19-34(26-16-20(2)11-14-27(26)39-4)40(37,38)24-9-7-6-8-10-24/h6-14,16-17,21H,5,15,18-19H2,1-4H3,(H,32,36). The Balaban J connectivity index is 2.10. The van der Waals surface area contributed by atoms with Crippen molar-refractivity contribution in [2.75, 3.05) is 24.5 Å². The van der Waals surface area contributed by atoms with E-state index in [2.05, 4.69) is 5.32 Å². The van der Waals surface area contributed by atoms with Crippen molar-refractivity contribution in [2.24, 2.45) is 0 Å². The number of rotatable bonds is 12. The van der Waals surface area contributed by atoms with Gasteiger partial charge in [-0.2, -0.15) is 0 Å². The number of hydrogen-bond acceptors (Lipinski definition) is 5. The number of halogens is 2. The molecule has 0 aromatic heterocycles. The van der Waals surface area contributed by atoms with Gasteiger partial charge in [0.2, 0.25) is 11.8 Å². The van der Waals surface area contributed by atoms with E-state index in [0.717, 1.165) is 9.87 Å². The molecule has 1 atom stereocenters. The van der Waals surface area contributed by atoms with Crippen LogP contribution in [0.5, 0.6) is 5.75 Å². The molecule has 3 aromatic rings. The van der Waals surface area contributed by atoms with E-state index in [0.29, 0.717) is 28.6 Å². The molecule has 2 amide bonds. The summed E-state index contributed by atoms with van der Waals surface area (Å²) >= 11 is 12.5. The molecule has 0 radical (unpaired) electrons. The van der Waals surface area contributed by atoms with Crippen molar-refractivity contribution < 1.29 is 22.7 Å². The number of nitrogens with zero attached hydrogens (tertiary/aromatic N) is 2. The summed E-state index contributed by atoms with van der Waals surface area (Å²) in [7, 11) is -2.79. The third kappa shape index (κ3) is 7.47. The zero-order valence-corrected chi connectivity index (χ0v) is 25.2. The second-order valence-corrected chi connectivity index (χ2v) is 11.9.